The van der Waals surface area contributed by atoms with E-state index >= 15 is 0 Å². The first-order chi connectivity index (χ1) is 15.4. The van der Waals surface area contributed by atoms with Gasteiger partial charge < -0.3 is 14.8 Å². The minimum Gasteiger partial charge on any atom is -0.456 e. The Hall–Kier alpha value is -2.40. The summed E-state index contributed by atoms with van der Waals surface area (Å²) in [7, 11) is -3.70. The number of nitrogens with zero attached hydrogens (tertiary/aromatic N) is 1. The van der Waals surface area contributed by atoms with Crippen molar-refractivity contribution in [2.45, 2.75) is 23.1 Å². The van der Waals surface area contributed by atoms with Crippen molar-refractivity contribution in [1.82, 2.24) is 4.31 Å². The lowest BCUT2D eigenvalue weighted by molar-refractivity contribution is -0.146. The topological polar surface area (TPSA) is 102 Å². The van der Waals surface area contributed by atoms with Gasteiger partial charge in [-0.15, -0.1) is 11.8 Å². The molecule has 0 atom stereocenters. The van der Waals surface area contributed by atoms with Crippen molar-refractivity contribution in [3.8, 4) is 0 Å². The van der Waals surface area contributed by atoms with Gasteiger partial charge in [0, 0.05) is 29.4 Å². The molecule has 1 N–H and O–H groups in total. The standard InChI is InChI=1S/C22H26N2O6S2/c1-17-7-8-18(15-20(17)32(27,28)24-10-12-29-13-11-24)23-21(25)16-30-22(26)9-14-31-19-5-3-2-4-6-19/h2-8,15H,9-14,16H2,1H3,(H,23,25). The molecule has 1 fully saturated rings. The first kappa shape index (κ1) is 24.2. The second-order valence-corrected chi connectivity index (χ2v) is 10.2. The molecular weight excluding hydrogens is 452 g/mol. The van der Waals surface area contributed by atoms with Gasteiger partial charge in [-0.3, -0.25) is 9.59 Å². The van der Waals surface area contributed by atoms with Crippen LogP contribution in [0.15, 0.2) is 58.3 Å². The minimum absolute atomic E-state index is 0.132. The number of ether oxygens (including phenoxy) is 2. The number of carbonyl (C=O) groups is 2. The van der Waals surface area contributed by atoms with E-state index in [9.17, 15) is 18.0 Å². The number of benzene rings is 2. The molecular formula is C22H26N2O6S2. The molecule has 0 radical (unpaired) electrons. The van der Waals surface area contributed by atoms with Crippen LogP contribution in [0.4, 0.5) is 5.69 Å². The third-order valence-electron chi connectivity index (χ3n) is 4.74. The molecule has 0 aromatic heterocycles. The Morgan fingerprint density at radius 3 is 2.56 bits per heavy atom. The minimum atomic E-state index is -3.70. The van der Waals surface area contributed by atoms with Crippen molar-refractivity contribution in [2.75, 3.05) is 44.0 Å². The van der Waals surface area contributed by atoms with Crippen LogP contribution < -0.4 is 5.32 Å². The van der Waals surface area contributed by atoms with Crippen LogP contribution in [0.1, 0.15) is 12.0 Å². The second-order valence-electron chi connectivity index (χ2n) is 7.12. The second kappa shape index (κ2) is 11.5. The number of morpholine rings is 1. The molecule has 8 nitrogen and oxygen atoms in total. The van der Waals surface area contributed by atoms with Crippen LogP contribution in [0.3, 0.4) is 0 Å². The fourth-order valence-corrected chi connectivity index (χ4v) is 5.58. The van der Waals surface area contributed by atoms with Gasteiger partial charge in [0.1, 0.15) is 0 Å². The van der Waals surface area contributed by atoms with Crippen molar-refractivity contribution in [3.05, 3.63) is 54.1 Å². The van der Waals surface area contributed by atoms with Gasteiger partial charge >= 0.3 is 5.97 Å². The number of esters is 1. The molecule has 0 bridgehead atoms. The van der Waals surface area contributed by atoms with Gasteiger partial charge in [-0.1, -0.05) is 24.3 Å². The Balaban J connectivity index is 1.50. The van der Waals surface area contributed by atoms with Crippen molar-refractivity contribution in [2.24, 2.45) is 0 Å². The molecule has 2 aromatic rings. The summed E-state index contributed by atoms with van der Waals surface area (Å²) >= 11 is 1.53. The molecule has 1 amide bonds. The molecule has 1 heterocycles. The van der Waals surface area contributed by atoms with Gasteiger partial charge in [0.2, 0.25) is 10.0 Å². The number of hydrogen-bond acceptors (Lipinski definition) is 7. The highest BCUT2D eigenvalue weighted by atomic mass is 32.2. The highest BCUT2D eigenvalue weighted by Gasteiger charge is 2.28. The number of amides is 1. The van der Waals surface area contributed by atoms with E-state index in [1.165, 1.54) is 22.1 Å². The van der Waals surface area contributed by atoms with Crippen LogP contribution in [-0.2, 0) is 29.1 Å². The quantitative estimate of drug-likeness (QED) is 0.437. The molecule has 0 spiro atoms. The van der Waals surface area contributed by atoms with Gasteiger partial charge in [0.05, 0.1) is 24.5 Å². The van der Waals surface area contributed by atoms with Gasteiger partial charge in [0.25, 0.3) is 5.91 Å². The molecule has 2 aromatic carbocycles. The number of thioether (sulfide) groups is 1. The molecule has 1 aliphatic heterocycles. The number of hydrogen-bond donors (Lipinski definition) is 1. The predicted octanol–water partition coefficient (Wildman–Crippen LogP) is 2.68. The Morgan fingerprint density at radius 2 is 1.84 bits per heavy atom. The summed E-state index contributed by atoms with van der Waals surface area (Å²) in [5.41, 5.74) is 0.903. The fourth-order valence-electron chi connectivity index (χ4n) is 3.07. The third-order valence-corrected chi connectivity index (χ3v) is 7.80. The lowest BCUT2D eigenvalue weighted by Gasteiger charge is -2.26. The fraction of sp³-hybridized carbons (Fsp3) is 0.364. The predicted molar refractivity (Wildman–Crippen MR) is 122 cm³/mol. The van der Waals surface area contributed by atoms with E-state index in [1.807, 2.05) is 30.3 Å². The van der Waals surface area contributed by atoms with Crippen molar-refractivity contribution < 1.29 is 27.5 Å². The van der Waals surface area contributed by atoms with Gasteiger partial charge in [-0.05, 0) is 36.8 Å². The summed E-state index contributed by atoms with van der Waals surface area (Å²) in [5, 5.41) is 2.59. The van der Waals surface area contributed by atoms with E-state index < -0.39 is 28.5 Å². The maximum absolute atomic E-state index is 13.0. The van der Waals surface area contributed by atoms with Crippen LogP contribution in [-0.4, -0.2) is 63.3 Å². The van der Waals surface area contributed by atoms with E-state index in [0.29, 0.717) is 30.2 Å². The SMILES string of the molecule is Cc1ccc(NC(=O)COC(=O)CCSc2ccccc2)cc1S(=O)(=O)N1CCOCC1. The van der Waals surface area contributed by atoms with Crippen molar-refractivity contribution in [3.63, 3.8) is 0 Å². The molecule has 0 aliphatic carbocycles. The molecule has 172 valence electrons. The average Bonchev–Trinajstić information content (AvgIpc) is 2.80. The zero-order valence-corrected chi connectivity index (χ0v) is 19.4. The number of carbonyl (C=O) groups excluding carboxylic acids is 2. The maximum Gasteiger partial charge on any atom is 0.307 e. The van der Waals surface area contributed by atoms with Crippen LogP contribution in [0.2, 0.25) is 0 Å². The first-order valence-corrected chi connectivity index (χ1v) is 12.6. The number of anilines is 1. The summed E-state index contributed by atoms with van der Waals surface area (Å²) in [5.74, 6) is -0.457. The van der Waals surface area contributed by atoms with Crippen LogP contribution in [0, 0.1) is 6.92 Å². The van der Waals surface area contributed by atoms with E-state index in [0.717, 1.165) is 4.90 Å². The van der Waals surface area contributed by atoms with Crippen LogP contribution >= 0.6 is 11.8 Å². The van der Waals surface area contributed by atoms with E-state index in [2.05, 4.69) is 5.32 Å². The highest BCUT2D eigenvalue weighted by molar-refractivity contribution is 7.99. The normalized spacial score (nSPS) is 14.7. The summed E-state index contributed by atoms with van der Waals surface area (Å²) in [6, 6.07) is 14.4. The molecule has 3 rings (SSSR count). The lowest BCUT2D eigenvalue weighted by atomic mass is 10.2. The maximum atomic E-state index is 13.0. The third kappa shape index (κ3) is 6.80. The molecule has 10 heteroatoms. The first-order valence-electron chi connectivity index (χ1n) is 10.2. The molecule has 1 saturated heterocycles. The number of sulfonamides is 1. The zero-order valence-electron chi connectivity index (χ0n) is 17.8. The van der Waals surface area contributed by atoms with Gasteiger partial charge in [-0.25, -0.2) is 8.42 Å². The molecule has 0 saturated carbocycles. The molecule has 1 aliphatic rings. The van der Waals surface area contributed by atoms with Gasteiger partial charge in [-0.2, -0.15) is 4.31 Å². The summed E-state index contributed by atoms with van der Waals surface area (Å²) in [4.78, 5) is 25.3. The zero-order chi connectivity index (χ0) is 23.0. The van der Waals surface area contributed by atoms with E-state index in [1.54, 1.807) is 19.1 Å². The van der Waals surface area contributed by atoms with Crippen LogP contribution in [0.5, 0.6) is 0 Å². The Bertz CT molecular complexity index is 1040. The number of nitrogens with one attached hydrogen (secondary N) is 1. The van der Waals surface area contributed by atoms with Crippen LogP contribution in [0.25, 0.3) is 0 Å². The summed E-state index contributed by atoms with van der Waals surface area (Å²) in [6.07, 6.45) is 0.180. The van der Waals surface area contributed by atoms with E-state index in [-0.39, 0.29) is 24.4 Å². The lowest BCUT2D eigenvalue weighted by Crippen LogP contribution is -2.40. The summed E-state index contributed by atoms with van der Waals surface area (Å²) in [6.45, 7) is 2.55. The largest absolute Gasteiger partial charge is 0.456 e. The van der Waals surface area contributed by atoms with Crippen molar-refractivity contribution in [1.29, 1.82) is 0 Å². The highest BCUT2D eigenvalue weighted by Crippen LogP contribution is 2.24. The molecule has 0 unspecified atom stereocenters. The monoisotopic (exact) mass is 478 g/mol. The Kier molecular flexibility index (Phi) is 8.68. The number of aryl methyl sites for hydroxylation is 1. The van der Waals surface area contributed by atoms with Crippen molar-refractivity contribution >= 4 is 39.3 Å². The number of rotatable bonds is 9. The average molecular weight is 479 g/mol. The molecule has 32 heavy (non-hydrogen) atoms. The van der Waals surface area contributed by atoms with E-state index in [4.69, 9.17) is 9.47 Å². The Labute approximate surface area is 192 Å². The summed E-state index contributed by atoms with van der Waals surface area (Å²) < 4.78 is 37.5. The smallest absolute Gasteiger partial charge is 0.307 e. The van der Waals surface area contributed by atoms with Gasteiger partial charge in [0.15, 0.2) is 6.61 Å². The Morgan fingerprint density at radius 1 is 1.12 bits per heavy atom.